The van der Waals surface area contributed by atoms with Crippen LogP contribution in [0.25, 0.3) is 5.69 Å². The Kier molecular flexibility index (Phi) is 4.22. The number of amides is 1. The molecule has 3 atom stereocenters. The Hall–Kier alpha value is -2.18. The molecular weight excluding hydrogens is 280 g/mol. The van der Waals surface area contributed by atoms with Gasteiger partial charge in [-0.25, -0.2) is 4.68 Å². The molecule has 4 N–H and O–H groups in total. The molecule has 3 rings (SSSR count). The average molecular weight is 300 g/mol. The summed E-state index contributed by atoms with van der Waals surface area (Å²) >= 11 is 0. The van der Waals surface area contributed by atoms with Gasteiger partial charge in [-0.1, -0.05) is 12.1 Å². The summed E-state index contributed by atoms with van der Waals surface area (Å²) in [6.07, 6.45) is 4.04. The maximum Gasteiger partial charge on any atom is 0.223 e. The summed E-state index contributed by atoms with van der Waals surface area (Å²) in [7, 11) is 0. The van der Waals surface area contributed by atoms with Crippen LogP contribution in [0.4, 0.5) is 0 Å². The normalized spacial score (nSPS) is 24.4. The Morgan fingerprint density at radius 3 is 2.73 bits per heavy atom. The minimum absolute atomic E-state index is 0.0387. The summed E-state index contributed by atoms with van der Waals surface area (Å²) in [6, 6.07) is 9.44. The van der Waals surface area contributed by atoms with E-state index in [2.05, 4.69) is 10.4 Å². The molecule has 22 heavy (non-hydrogen) atoms. The van der Waals surface area contributed by atoms with E-state index >= 15 is 0 Å². The molecule has 1 aliphatic carbocycles. The topological polar surface area (TPSA) is 93.2 Å². The molecule has 116 valence electrons. The van der Waals surface area contributed by atoms with Gasteiger partial charge in [-0.2, -0.15) is 5.10 Å². The van der Waals surface area contributed by atoms with Crippen molar-refractivity contribution in [2.24, 2.45) is 11.7 Å². The first kappa shape index (κ1) is 14.7. The zero-order chi connectivity index (χ0) is 15.5. The highest BCUT2D eigenvalue weighted by atomic mass is 16.3. The predicted octanol–water partition coefficient (Wildman–Crippen LogP) is 0.587. The zero-order valence-electron chi connectivity index (χ0n) is 12.2. The van der Waals surface area contributed by atoms with Crippen LogP contribution in [-0.4, -0.2) is 32.9 Å². The maximum atomic E-state index is 12.1. The molecule has 0 bridgehead atoms. The smallest absolute Gasteiger partial charge is 0.223 e. The number of hydrogen-bond donors (Lipinski definition) is 3. The van der Waals surface area contributed by atoms with Crippen molar-refractivity contribution in [2.45, 2.75) is 31.5 Å². The van der Waals surface area contributed by atoms with E-state index in [0.717, 1.165) is 11.3 Å². The molecule has 0 saturated heterocycles. The average Bonchev–Trinajstić information content (AvgIpc) is 3.16. The Labute approximate surface area is 128 Å². The predicted molar refractivity (Wildman–Crippen MR) is 82.1 cm³/mol. The molecular formula is C16H20N4O2. The first-order valence-corrected chi connectivity index (χ1v) is 7.44. The van der Waals surface area contributed by atoms with Crippen LogP contribution < -0.4 is 11.1 Å². The van der Waals surface area contributed by atoms with Crippen molar-refractivity contribution in [1.82, 2.24) is 15.1 Å². The molecule has 0 spiro atoms. The zero-order valence-corrected chi connectivity index (χ0v) is 12.2. The summed E-state index contributed by atoms with van der Waals surface area (Å²) in [5.41, 5.74) is 7.74. The maximum absolute atomic E-state index is 12.1. The Morgan fingerprint density at radius 2 is 2.14 bits per heavy atom. The minimum Gasteiger partial charge on any atom is -0.391 e. The lowest BCUT2D eigenvalue weighted by Gasteiger charge is -2.11. The molecule has 0 radical (unpaired) electrons. The highest BCUT2D eigenvalue weighted by molar-refractivity contribution is 5.79. The van der Waals surface area contributed by atoms with Gasteiger partial charge in [-0.05, 0) is 36.6 Å². The van der Waals surface area contributed by atoms with Crippen LogP contribution in [0, 0.1) is 5.92 Å². The highest BCUT2D eigenvalue weighted by Gasteiger charge is 2.34. The highest BCUT2D eigenvalue weighted by Crippen LogP contribution is 2.24. The number of carbonyl (C=O) groups excluding carboxylic acids is 1. The molecule has 2 aromatic rings. The number of carbonyl (C=O) groups is 1. The van der Waals surface area contributed by atoms with Crippen LogP contribution in [0.3, 0.4) is 0 Å². The van der Waals surface area contributed by atoms with Crippen LogP contribution in [0.1, 0.15) is 18.4 Å². The van der Waals surface area contributed by atoms with Gasteiger partial charge >= 0.3 is 0 Å². The summed E-state index contributed by atoms with van der Waals surface area (Å²) in [5, 5.41) is 16.7. The van der Waals surface area contributed by atoms with Crippen molar-refractivity contribution in [2.75, 3.05) is 0 Å². The van der Waals surface area contributed by atoms with Gasteiger partial charge in [0.05, 0.1) is 11.8 Å². The van der Waals surface area contributed by atoms with E-state index < -0.39 is 6.10 Å². The second kappa shape index (κ2) is 6.29. The van der Waals surface area contributed by atoms with Crippen LogP contribution >= 0.6 is 0 Å². The third-order valence-electron chi connectivity index (χ3n) is 4.12. The number of hydrogen-bond acceptors (Lipinski definition) is 4. The Morgan fingerprint density at radius 1 is 1.36 bits per heavy atom. The lowest BCUT2D eigenvalue weighted by Crippen LogP contribution is -2.30. The van der Waals surface area contributed by atoms with Crippen molar-refractivity contribution >= 4 is 5.91 Å². The largest absolute Gasteiger partial charge is 0.391 e. The summed E-state index contributed by atoms with van der Waals surface area (Å²) in [6.45, 7) is 0.472. The van der Waals surface area contributed by atoms with Crippen LogP contribution in [-0.2, 0) is 11.3 Å². The first-order chi connectivity index (χ1) is 10.6. The second-order valence-electron chi connectivity index (χ2n) is 5.73. The van der Waals surface area contributed by atoms with Crippen molar-refractivity contribution in [3.05, 3.63) is 48.3 Å². The summed E-state index contributed by atoms with van der Waals surface area (Å²) in [5.74, 6) is -0.225. The molecule has 1 fully saturated rings. The number of nitrogens with one attached hydrogen (secondary N) is 1. The monoisotopic (exact) mass is 300 g/mol. The molecule has 1 amide bonds. The van der Waals surface area contributed by atoms with E-state index in [1.165, 1.54) is 0 Å². The molecule has 6 heteroatoms. The molecule has 1 saturated carbocycles. The van der Waals surface area contributed by atoms with Gasteiger partial charge in [-0.3, -0.25) is 4.79 Å². The number of benzene rings is 1. The number of aromatic nitrogens is 2. The van der Waals surface area contributed by atoms with Gasteiger partial charge in [0.2, 0.25) is 5.91 Å². The molecule has 1 heterocycles. The third kappa shape index (κ3) is 3.18. The molecule has 1 aromatic heterocycles. The van der Waals surface area contributed by atoms with Gasteiger partial charge in [-0.15, -0.1) is 0 Å². The Bertz CT molecular complexity index is 614. The fourth-order valence-corrected chi connectivity index (χ4v) is 2.78. The lowest BCUT2D eigenvalue weighted by atomic mass is 10.1. The molecule has 6 nitrogen and oxygen atoms in total. The number of nitrogens with two attached hydrogens (primary N) is 1. The Balaban J connectivity index is 1.54. The standard InChI is InChI=1S/C16H20N4O2/c17-14-8-12(9-15(14)21)16(22)18-10-11-2-4-13(5-3-11)20-7-1-6-19-20/h1-7,12,14-15,21H,8-10,17H2,(H,18,22)/t12-,14+,15+/m0/s1. The fourth-order valence-electron chi connectivity index (χ4n) is 2.78. The molecule has 0 aliphatic heterocycles. The lowest BCUT2D eigenvalue weighted by molar-refractivity contribution is -0.125. The third-order valence-corrected chi connectivity index (χ3v) is 4.12. The minimum atomic E-state index is -0.566. The van der Waals surface area contributed by atoms with Gasteiger partial charge in [0.15, 0.2) is 0 Å². The van der Waals surface area contributed by atoms with E-state index in [1.807, 2.05) is 36.5 Å². The quantitative estimate of drug-likeness (QED) is 0.770. The molecule has 0 unspecified atom stereocenters. The fraction of sp³-hybridized carbons (Fsp3) is 0.375. The number of aliphatic hydroxyl groups excluding tert-OH is 1. The van der Waals surface area contributed by atoms with Crippen LogP contribution in [0.5, 0.6) is 0 Å². The van der Waals surface area contributed by atoms with E-state index in [1.54, 1.807) is 10.9 Å². The number of rotatable bonds is 4. The van der Waals surface area contributed by atoms with Gasteiger partial charge in [0.25, 0.3) is 0 Å². The van der Waals surface area contributed by atoms with E-state index in [4.69, 9.17) is 5.73 Å². The van der Waals surface area contributed by atoms with E-state index in [9.17, 15) is 9.90 Å². The second-order valence-corrected chi connectivity index (χ2v) is 5.73. The molecule has 1 aromatic carbocycles. The van der Waals surface area contributed by atoms with E-state index in [0.29, 0.717) is 19.4 Å². The van der Waals surface area contributed by atoms with Gasteiger partial charge < -0.3 is 16.2 Å². The summed E-state index contributed by atoms with van der Waals surface area (Å²) in [4.78, 5) is 12.1. The summed E-state index contributed by atoms with van der Waals surface area (Å²) < 4.78 is 1.78. The van der Waals surface area contributed by atoms with Gasteiger partial charge in [0, 0.05) is 30.9 Å². The van der Waals surface area contributed by atoms with Crippen molar-refractivity contribution in [3.8, 4) is 5.69 Å². The molecule has 1 aliphatic rings. The van der Waals surface area contributed by atoms with Gasteiger partial charge in [0.1, 0.15) is 0 Å². The number of nitrogens with zero attached hydrogens (tertiary/aromatic N) is 2. The SMILES string of the molecule is N[C@@H]1C[C@H](C(=O)NCc2ccc(-n3cccn3)cc2)C[C@H]1O. The first-order valence-electron chi connectivity index (χ1n) is 7.44. The van der Waals surface area contributed by atoms with Crippen molar-refractivity contribution in [1.29, 1.82) is 0 Å². The number of aliphatic hydroxyl groups is 1. The van der Waals surface area contributed by atoms with E-state index in [-0.39, 0.29) is 17.9 Å². The van der Waals surface area contributed by atoms with Crippen LogP contribution in [0.2, 0.25) is 0 Å². The van der Waals surface area contributed by atoms with Crippen molar-refractivity contribution in [3.63, 3.8) is 0 Å². The van der Waals surface area contributed by atoms with Crippen molar-refractivity contribution < 1.29 is 9.90 Å². The van der Waals surface area contributed by atoms with Crippen LogP contribution in [0.15, 0.2) is 42.7 Å².